The number of carboxylic acid groups (broad SMARTS) is 1. The van der Waals surface area contributed by atoms with E-state index in [9.17, 15) is 14.7 Å². The fourth-order valence-electron chi connectivity index (χ4n) is 3.53. The maximum absolute atomic E-state index is 13.0. The topological polar surface area (TPSA) is 66.8 Å². The minimum atomic E-state index is -1.01. The zero-order valence-corrected chi connectivity index (χ0v) is 14.6. The normalized spacial score (nSPS) is 30.6. The maximum atomic E-state index is 13.0. The Hall–Kier alpha value is -1.40. The molecule has 1 N–H and O–H groups in total. The van der Waals surface area contributed by atoms with Crippen molar-refractivity contribution in [2.45, 2.75) is 44.4 Å². The van der Waals surface area contributed by atoms with Crippen LogP contribution in [0.2, 0.25) is 0 Å². The van der Waals surface area contributed by atoms with Gasteiger partial charge in [0.25, 0.3) is 5.91 Å². The van der Waals surface area contributed by atoms with Crippen molar-refractivity contribution >= 4 is 27.8 Å². The summed E-state index contributed by atoms with van der Waals surface area (Å²) in [5.74, 6) is -0.703. The molecule has 0 radical (unpaired) electrons. The van der Waals surface area contributed by atoms with Crippen LogP contribution in [0, 0.1) is 5.92 Å². The van der Waals surface area contributed by atoms with E-state index in [0.29, 0.717) is 24.3 Å². The third-order valence-electron chi connectivity index (χ3n) is 4.89. The number of nitrogens with zero attached hydrogens (tertiary/aromatic N) is 1. The number of hydrogen-bond donors (Lipinski definition) is 1. The second kappa shape index (κ2) is 6.24. The van der Waals surface area contributed by atoms with Crippen LogP contribution in [0.5, 0.6) is 0 Å². The molecule has 2 aliphatic rings. The molecular formula is C17H20BrNO4. The average molecular weight is 382 g/mol. The first-order valence-electron chi connectivity index (χ1n) is 7.89. The molecule has 3 rings (SSSR count). The maximum Gasteiger partial charge on any atom is 0.328 e. The summed E-state index contributed by atoms with van der Waals surface area (Å²) in [7, 11) is 0. The van der Waals surface area contributed by atoms with Crippen LogP contribution < -0.4 is 0 Å². The van der Waals surface area contributed by atoms with Gasteiger partial charge in [0.15, 0.2) is 6.04 Å². The van der Waals surface area contributed by atoms with Crippen LogP contribution in [0.1, 0.15) is 43.0 Å². The molecule has 1 spiro atoms. The summed E-state index contributed by atoms with van der Waals surface area (Å²) < 4.78 is 6.69. The number of aliphatic carboxylic acids is 1. The number of benzene rings is 1. The standard InChI is InChI=1S/C17H20BrNO4/c1-11-5-7-17(8-6-11)19(14(10-23-17)16(21)22)15(20)12-3-2-4-13(18)9-12/h2-4,9,11,14H,5-8,10H2,1H3,(H,21,22)/t11?,14-,17?/m1/s1. The number of carbonyl (C=O) groups excluding carboxylic acids is 1. The molecule has 1 heterocycles. The minimum absolute atomic E-state index is 0.0590. The lowest BCUT2D eigenvalue weighted by molar-refractivity contribution is -0.143. The summed E-state index contributed by atoms with van der Waals surface area (Å²) in [5, 5.41) is 9.52. The van der Waals surface area contributed by atoms with Crippen molar-refractivity contribution in [3.8, 4) is 0 Å². The van der Waals surface area contributed by atoms with Gasteiger partial charge in [-0.25, -0.2) is 4.79 Å². The zero-order chi connectivity index (χ0) is 16.6. The molecule has 0 aromatic heterocycles. The molecule has 1 aliphatic carbocycles. The van der Waals surface area contributed by atoms with Crippen molar-refractivity contribution in [3.63, 3.8) is 0 Å². The van der Waals surface area contributed by atoms with Gasteiger partial charge >= 0.3 is 5.97 Å². The Balaban J connectivity index is 1.96. The first-order valence-corrected chi connectivity index (χ1v) is 8.68. The van der Waals surface area contributed by atoms with Crippen LogP contribution in [-0.2, 0) is 9.53 Å². The summed E-state index contributed by atoms with van der Waals surface area (Å²) >= 11 is 3.36. The molecule has 1 saturated heterocycles. The van der Waals surface area contributed by atoms with E-state index >= 15 is 0 Å². The largest absolute Gasteiger partial charge is 0.480 e. The summed E-state index contributed by atoms with van der Waals surface area (Å²) in [5.41, 5.74) is -0.288. The van der Waals surface area contributed by atoms with Gasteiger partial charge in [0.05, 0.1) is 6.61 Å². The van der Waals surface area contributed by atoms with Crippen molar-refractivity contribution in [2.24, 2.45) is 5.92 Å². The average Bonchev–Trinajstić information content (AvgIpc) is 2.89. The zero-order valence-electron chi connectivity index (χ0n) is 13.0. The van der Waals surface area contributed by atoms with Crippen molar-refractivity contribution in [1.29, 1.82) is 0 Å². The van der Waals surface area contributed by atoms with Gasteiger partial charge in [-0.05, 0) is 49.8 Å². The second-order valence-electron chi connectivity index (χ2n) is 6.48. The molecule has 1 aromatic carbocycles. The van der Waals surface area contributed by atoms with Crippen LogP contribution in [-0.4, -0.2) is 40.3 Å². The molecule has 23 heavy (non-hydrogen) atoms. The van der Waals surface area contributed by atoms with Crippen LogP contribution in [0.25, 0.3) is 0 Å². The lowest BCUT2D eigenvalue weighted by Crippen LogP contribution is -2.55. The third-order valence-corrected chi connectivity index (χ3v) is 5.38. The van der Waals surface area contributed by atoms with E-state index in [0.717, 1.165) is 17.3 Å². The SMILES string of the molecule is CC1CCC2(CC1)OC[C@H](C(=O)O)N2C(=O)c1cccc(Br)c1. The van der Waals surface area contributed by atoms with Crippen LogP contribution >= 0.6 is 15.9 Å². The molecule has 1 aliphatic heterocycles. The molecule has 0 bridgehead atoms. The second-order valence-corrected chi connectivity index (χ2v) is 7.39. The number of ether oxygens (including phenoxy) is 1. The fraction of sp³-hybridized carbons (Fsp3) is 0.529. The number of carboxylic acids is 1. The summed E-state index contributed by atoms with van der Waals surface area (Å²) in [4.78, 5) is 26.1. The highest BCUT2D eigenvalue weighted by Crippen LogP contribution is 2.43. The van der Waals surface area contributed by atoms with Gasteiger partial charge in [-0.2, -0.15) is 0 Å². The van der Waals surface area contributed by atoms with Gasteiger partial charge in [-0.1, -0.05) is 28.9 Å². The monoisotopic (exact) mass is 381 g/mol. The molecule has 6 heteroatoms. The third kappa shape index (κ3) is 3.02. The Morgan fingerprint density at radius 3 is 2.65 bits per heavy atom. The summed E-state index contributed by atoms with van der Waals surface area (Å²) in [6.45, 7) is 2.24. The van der Waals surface area contributed by atoms with E-state index in [1.54, 1.807) is 18.2 Å². The van der Waals surface area contributed by atoms with Crippen molar-refractivity contribution in [1.82, 2.24) is 4.90 Å². The van der Waals surface area contributed by atoms with E-state index in [2.05, 4.69) is 22.9 Å². The van der Waals surface area contributed by atoms with E-state index < -0.39 is 17.7 Å². The fourth-order valence-corrected chi connectivity index (χ4v) is 3.93. The number of rotatable bonds is 2. The minimum Gasteiger partial charge on any atom is -0.480 e. The quantitative estimate of drug-likeness (QED) is 0.853. The highest BCUT2D eigenvalue weighted by molar-refractivity contribution is 9.10. The molecule has 1 saturated carbocycles. The molecule has 0 unspecified atom stereocenters. The summed E-state index contributed by atoms with van der Waals surface area (Å²) in [6, 6.07) is 6.13. The van der Waals surface area contributed by atoms with E-state index in [4.69, 9.17) is 4.74 Å². The van der Waals surface area contributed by atoms with Gasteiger partial charge in [0.1, 0.15) is 5.72 Å². The number of hydrogen-bond acceptors (Lipinski definition) is 3. The molecule has 5 nitrogen and oxygen atoms in total. The van der Waals surface area contributed by atoms with E-state index in [1.807, 2.05) is 6.07 Å². The number of amides is 1. The van der Waals surface area contributed by atoms with Gasteiger partial charge in [0, 0.05) is 10.0 Å². The molecule has 1 aromatic rings. The lowest BCUT2D eigenvalue weighted by atomic mass is 9.83. The highest BCUT2D eigenvalue weighted by Gasteiger charge is 2.53. The Labute approximate surface area is 143 Å². The van der Waals surface area contributed by atoms with Gasteiger partial charge in [0.2, 0.25) is 0 Å². The van der Waals surface area contributed by atoms with Gasteiger partial charge < -0.3 is 9.84 Å². The van der Waals surface area contributed by atoms with Crippen LogP contribution in [0.4, 0.5) is 0 Å². The molecule has 2 fully saturated rings. The molecular weight excluding hydrogens is 362 g/mol. The van der Waals surface area contributed by atoms with Crippen LogP contribution in [0.15, 0.2) is 28.7 Å². The summed E-state index contributed by atoms with van der Waals surface area (Å²) in [6.07, 6.45) is 3.26. The lowest BCUT2D eigenvalue weighted by Gasteiger charge is -2.42. The molecule has 124 valence electrons. The Kier molecular flexibility index (Phi) is 4.47. The molecule has 1 amide bonds. The first kappa shape index (κ1) is 16.5. The van der Waals surface area contributed by atoms with Crippen LogP contribution in [0.3, 0.4) is 0 Å². The van der Waals surface area contributed by atoms with Gasteiger partial charge in [-0.3, -0.25) is 9.69 Å². The molecule has 1 atom stereocenters. The Morgan fingerprint density at radius 1 is 1.35 bits per heavy atom. The van der Waals surface area contributed by atoms with E-state index in [1.165, 1.54) is 4.90 Å². The van der Waals surface area contributed by atoms with Gasteiger partial charge in [-0.15, -0.1) is 0 Å². The smallest absolute Gasteiger partial charge is 0.328 e. The van der Waals surface area contributed by atoms with Crippen molar-refractivity contribution in [2.75, 3.05) is 6.61 Å². The Bertz CT molecular complexity index is 625. The van der Waals surface area contributed by atoms with E-state index in [-0.39, 0.29) is 12.5 Å². The van der Waals surface area contributed by atoms with Crippen molar-refractivity contribution in [3.05, 3.63) is 34.3 Å². The predicted octanol–water partition coefficient (Wildman–Crippen LogP) is 3.28. The highest BCUT2D eigenvalue weighted by atomic mass is 79.9. The number of carbonyl (C=O) groups is 2. The Morgan fingerprint density at radius 2 is 2.04 bits per heavy atom. The van der Waals surface area contributed by atoms with Crippen molar-refractivity contribution < 1.29 is 19.4 Å². The predicted molar refractivity (Wildman–Crippen MR) is 88.1 cm³/mol. The number of halogens is 1. The first-order chi connectivity index (χ1) is 10.9.